The summed E-state index contributed by atoms with van der Waals surface area (Å²) < 4.78 is 4.10. The van der Waals surface area contributed by atoms with Gasteiger partial charge in [0, 0.05) is 41.9 Å². The zero-order chi connectivity index (χ0) is 24.1. The van der Waals surface area contributed by atoms with Crippen molar-refractivity contribution in [2.75, 3.05) is 0 Å². The summed E-state index contributed by atoms with van der Waals surface area (Å²) in [6, 6.07) is 10.7. The third-order valence-electron chi connectivity index (χ3n) is 5.79. The number of halogens is 1. The highest BCUT2D eigenvalue weighted by Gasteiger charge is 2.21. The number of rotatable bonds is 5. The van der Waals surface area contributed by atoms with Crippen LogP contribution in [0.5, 0.6) is 0 Å². The molecule has 34 heavy (non-hydrogen) atoms. The molecule has 0 aliphatic carbocycles. The lowest BCUT2D eigenvalue weighted by Gasteiger charge is -2.08. The summed E-state index contributed by atoms with van der Waals surface area (Å²) in [5.74, 6) is -0.0748. The number of fused-ring (bicyclic) bond motifs is 2. The second-order valence-electron chi connectivity index (χ2n) is 8.09. The van der Waals surface area contributed by atoms with Crippen LogP contribution in [0.1, 0.15) is 11.3 Å². The van der Waals surface area contributed by atoms with Crippen LogP contribution in [0.25, 0.3) is 33.6 Å². The van der Waals surface area contributed by atoms with E-state index in [2.05, 4.69) is 15.0 Å². The number of pyridine rings is 1. The van der Waals surface area contributed by atoms with E-state index in [-0.39, 0.29) is 24.1 Å². The molecule has 0 unspecified atom stereocenters. The number of H-pyrrole nitrogens is 1. The second-order valence-corrected chi connectivity index (χ2v) is 8.49. The number of hydrogen-bond acceptors (Lipinski definition) is 5. The van der Waals surface area contributed by atoms with Crippen LogP contribution < -0.4 is 17.0 Å². The summed E-state index contributed by atoms with van der Waals surface area (Å²) in [5.41, 5.74) is 7.45. The summed E-state index contributed by atoms with van der Waals surface area (Å²) in [6.07, 6.45) is 1.60. The van der Waals surface area contributed by atoms with Gasteiger partial charge in [-0.2, -0.15) is 0 Å². The maximum Gasteiger partial charge on any atom is 0.332 e. The Bertz CT molecular complexity index is 1720. The number of hydrogen-bond donors (Lipinski definition) is 2. The molecule has 4 aromatic heterocycles. The van der Waals surface area contributed by atoms with Crippen LogP contribution in [0.4, 0.5) is 0 Å². The van der Waals surface area contributed by atoms with Crippen molar-refractivity contribution in [2.45, 2.75) is 13.0 Å². The minimum absolute atomic E-state index is 0.0410. The van der Waals surface area contributed by atoms with Gasteiger partial charge in [-0.1, -0.05) is 17.7 Å². The zero-order valence-corrected chi connectivity index (χ0v) is 19.1. The number of nitrogens with zero attached hydrogens (tertiary/aromatic N) is 5. The fourth-order valence-corrected chi connectivity index (χ4v) is 4.38. The summed E-state index contributed by atoms with van der Waals surface area (Å²) in [4.78, 5) is 49.9. The number of aromatic amines is 1. The Morgan fingerprint density at radius 2 is 1.94 bits per heavy atom. The molecule has 5 aromatic rings. The van der Waals surface area contributed by atoms with E-state index in [9.17, 15) is 14.4 Å². The van der Waals surface area contributed by atoms with Crippen LogP contribution in [0.3, 0.4) is 0 Å². The van der Waals surface area contributed by atoms with Crippen molar-refractivity contribution in [3.8, 4) is 11.5 Å². The van der Waals surface area contributed by atoms with E-state index in [0.717, 1.165) is 15.5 Å². The monoisotopic (exact) mass is 477 g/mol. The van der Waals surface area contributed by atoms with Gasteiger partial charge in [-0.15, -0.1) is 0 Å². The van der Waals surface area contributed by atoms with Crippen molar-refractivity contribution in [3.05, 3.63) is 79.7 Å². The zero-order valence-electron chi connectivity index (χ0n) is 18.4. The minimum atomic E-state index is -0.498. The van der Waals surface area contributed by atoms with Gasteiger partial charge in [-0.05, 0) is 35.9 Å². The predicted molar refractivity (Wildman–Crippen MR) is 129 cm³/mol. The van der Waals surface area contributed by atoms with Gasteiger partial charge in [0.05, 0.1) is 13.0 Å². The second kappa shape index (κ2) is 7.99. The summed E-state index contributed by atoms with van der Waals surface area (Å²) in [5, 5.41) is 1.40. The number of aryl methyl sites for hydroxylation is 2. The van der Waals surface area contributed by atoms with Crippen LogP contribution in [-0.2, 0) is 31.9 Å². The number of benzene rings is 1. The highest BCUT2D eigenvalue weighted by molar-refractivity contribution is 6.35. The molecule has 4 heterocycles. The Labute approximate surface area is 197 Å². The van der Waals surface area contributed by atoms with E-state index >= 15 is 0 Å². The smallest absolute Gasteiger partial charge is 0.332 e. The van der Waals surface area contributed by atoms with Crippen LogP contribution in [0.15, 0.2) is 52.2 Å². The predicted octanol–water partition coefficient (Wildman–Crippen LogP) is 1.71. The van der Waals surface area contributed by atoms with Gasteiger partial charge in [0.2, 0.25) is 5.91 Å². The number of imidazole rings is 1. The molecule has 0 saturated carbocycles. The molecular weight excluding hydrogens is 458 g/mol. The Hall–Kier alpha value is -4.18. The van der Waals surface area contributed by atoms with Crippen molar-refractivity contribution in [3.63, 3.8) is 0 Å². The molecule has 0 spiro atoms. The third-order valence-corrected chi connectivity index (χ3v) is 6.12. The first kappa shape index (κ1) is 21.7. The fourth-order valence-electron chi connectivity index (χ4n) is 4.15. The van der Waals surface area contributed by atoms with E-state index in [1.807, 2.05) is 18.2 Å². The SMILES string of the molecule is Cn1c(-c2cc(CC(N)=O)ccn2)nc2c1c(=O)n(Cc1cc3c(Cl)cccc3[nH]1)c(=O)n2C. The Morgan fingerprint density at radius 1 is 1.15 bits per heavy atom. The van der Waals surface area contributed by atoms with Gasteiger partial charge in [0.15, 0.2) is 17.0 Å². The molecule has 0 radical (unpaired) electrons. The molecule has 5 rings (SSSR count). The van der Waals surface area contributed by atoms with Crippen LogP contribution in [0, 0.1) is 0 Å². The van der Waals surface area contributed by atoms with E-state index < -0.39 is 17.2 Å². The average molecular weight is 478 g/mol. The lowest BCUT2D eigenvalue weighted by atomic mass is 10.1. The minimum Gasteiger partial charge on any atom is -0.369 e. The maximum atomic E-state index is 13.4. The van der Waals surface area contributed by atoms with Gasteiger partial charge in [-0.3, -0.25) is 23.7 Å². The van der Waals surface area contributed by atoms with Gasteiger partial charge in [0.25, 0.3) is 5.56 Å². The molecule has 0 atom stereocenters. The van der Waals surface area contributed by atoms with Gasteiger partial charge in [-0.25, -0.2) is 9.78 Å². The molecule has 0 aliphatic rings. The molecule has 0 bridgehead atoms. The molecule has 172 valence electrons. The standard InChI is InChI=1S/C23H20ClN7O3/c1-29-19-21(28-20(29)17-8-12(6-7-26-17)9-18(25)32)30(2)23(34)31(22(19)33)11-13-10-14-15(24)4-3-5-16(14)27-13/h3-8,10,27H,9,11H2,1-2H3,(H2,25,32). The molecule has 1 amide bonds. The van der Waals surface area contributed by atoms with Crippen molar-refractivity contribution >= 4 is 39.6 Å². The van der Waals surface area contributed by atoms with E-state index in [1.54, 1.807) is 43.1 Å². The normalized spacial score (nSPS) is 11.5. The van der Waals surface area contributed by atoms with Crippen molar-refractivity contribution in [1.29, 1.82) is 0 Å². The first-order valence-corrected chi connectivity index (χ1v) is 10.8. The van der Waals surface area contributed by atoms with Crippen molar-refractivity contribution < 1.29 is 4.79 Å². The number of carbonyl (C=O) groups is 1. The lowest BCUT2D eigenvalue weighted by molar-refractivity contribution is -0.117. The molecule has 11 heteroatoms. The van der Waals surface area contributed by atoms with Gasteiger partial charge in [0.1, 0.15) is 5.69 Å². The number of primary amides is 1. The number of aromatic nitrogens is 6. The fraction of sp³-hybridized carbons (Fsp3) is 0.174. The molecular formula is C23H20ClN7O3. The molecule has 0 aliphatic heterocycles. The first-order valence-electron chi connectivity index (χ1n) is 10.4. The highest BCUT2D eigenvalue weighted by Crippen LogP contribution is 2.24. The molecule has 10 nitrogen and oxygen atoms in total. The Morgan fingerprint density at radius 3 is 2.68 bits per heavy atom. The molecule has 3 N–H and O–H groups in total. The lowest BCUT2D eigenvalue weighted by Crippen LogP contribution is -2.39. The number of carbonyl (C=O) groups excluding carboxylic acids is 1. The quantitative estimate of drug-likeness (QED) is 0.397. The van der Waals surface area contributed by atoms with Crippen LogP contribution >= 0.6 is 11.6 Å². The number of nitrogens with one attached hydrogen (secondary N) is 1. The molecule has 1 aromatic carbocycles. The van der Waals surface area contributed by atoms with Crippen LogP contribution in [0.2, 0.25) is 5.02 Å². The topological polar surface area (TPSA) is 134 Å². The Kier molecular flexibility index (Phi) is 5.09. The highest BCUT2D eigenvalue weighted by atomic mass is 35.5. The summed E-state index contributed by atoms with van der Waals surface area (Å²) in [7, 11) is 3.25. The number of amides is 1. The Balaban J connectivity index is 1.65. The summed E-state index contributed by atoms with van der Waals surface area (Å²) in [6.45, 7) is 0.0410. The van der Waals surface area contributed by atoms with Gasteiger partial charge >= 0.3 is 5.69 Å². The van der Waals surface area contributed by atoms with E-state index in [1.165, 1.54) is 4.57 Å². The average Bonchev–Trinajstić information content (AvgIpc) is 3.37. The maximum absolute atomic E-state index is 13.4. The van der Waals surface area contributed by atoms with Crippen LogP contribution in [-0.4, -0.2) is 34.6 Å². The number of nitrogens with two attached hydrogens (primary N) is 1. The third kappa shape index (κ3) is 3.48. The molecule has 0 fully saturated rings. The molecule has 0 saturated heterocycles. The summed E-state index contributed by atoms with van der Waals surface area (Å²) >= 11 is 6.26. The first-order chi connectivity index (χ1) is 16.2. The largest absolute Gasteiger partial charge is 0.369 e. The van der Waals surface area contributed by atoms with Gasteiger partial charge < -0.3 is 15.3 Å². The van der Waals surface area contributed by atoms with Crippen molar-refractivity contribution in [2.24, 2.45) is 19.8 Å². The van der Waals surface area contributed by atoms with E-state index in [0.29, 0.717) is 27.8 Å². The van der Waals surface area contributed by atoms with E-state index in [4.69, 9.17) is 17.3 Å². The van der Waals surface area contributed by atoms with Crippen molar-refractivity contribution in [1.82, 2.24) is 28.7 Å².